The highest BCUT2D eigenvalue weighted by atomic mass is 32.1. The van der Waals surface area contributed by atoms with E-state index in [-0.39, 0.29) is 0 Å². The Bertz CT molecular complexity index is 2830. The summed E-state index contributed by atoms with van der Waals surface area (Å²) in [4.78, 5) is 2.38. The largest absolute Gasteiger partial charge is 0.456 e. The molecule has 0 unspecified atom stereocenters. The summed E-state index contributed by atoms with van der Waals surface area (Å²) in [5, 5.41) is 7.36. The van der Waals surface area contributed by atoms with Crippen LogP contribution in [0.2, 0.25) is 0 Å². The lowest BCUT2D eigenvalue weighted by Crippen LogP contribution is -2.10. The van der Waals surface area contributed by atoms with E-state index in [1.54, 1.807) is 0 Å². The van der Waals surface area contributed by atoms with Gasteiger partial charge in [-0.3, -0.25) is 0 Å². The minimum absolute atomic E-state index is 0.875. The highest BCUT2D eigenvalue weighted by Gasteiger charge is 2.19. The molecule has 230 valence electrons. The number of fused-ring (bicyclic) bond motifs is 8. The van der Waals surface area contributed by atoms with Gasteiger partial charge in [0.05, 0.1) is 0 Å². The quantitative estimate of drug-likeness (QED) is 0.186. The van der Waals surface area contributed by atoms with Crippen LogP contribution in [0, 0.1) is 0 Å². The van der Waals surface area contributed by atoms with Crippen LogP contribution in [0.5, 0.6) is 0 Å². The normalized spacial score (nSPS) is 11.7. The molecule has 2 aromatic heterocycles. The van der Waals surface area contributed by atoms with Crippen molar-refractivity contribution in [1.82, 2.24) is 0 Å². The number of para-hydroxylation sites is 1. The van der Waals surface area contributed by atoms with Gasteiger partial charge >= 0.3 is 0 Å². The van der Waals surface area contributed by atoms with Crippen molar-refractivity contribution < 1.29 is 4.42 Å². The van der Waals surface area contributed by atoms with Crippen molar-refractivity contribution >= 4 is 81.3 Å². The van der Waals surface area contributed by atoms with E-state index < -0.39 is 0 Å². The SMILES string of the molecule is c1ccc(-c2ccc(N(c3ccc4c(c3)oc3ccccc34)c3ccc4ccc5sc6ccccc6c5c4c3)cc2-c2ccccc2)cc1. The first-order valence-corrected chi connectivity index (χ1v) is 17.4. The summed E-state index contributed by atoms with van der Waals surface area (Å²) >= 11 is 1.86. The van der Waals surface area contributed by atoms with Crippen molar-refractivity contribution in [2.45, 2.75) is 0 Å². The Morgan fingerprint density at radius 1 is 0.388 bits per heavy atom. The molecule has 2 heterocycles. The first-order valence-electron chi connectivity index (χ1n) is 16.6. The van der Waals surface area contributed by atoms with Crippen LogP contribution in [0.1, 0.15) is 0 Å². The van der Waals surface area contributed by atoms with E-state index >= 15 is 0 Å². The van der Waals surface area contributed by atoms with Crippen LogP contribution >= 0.6 is 11.3 Å². The average Bonchev–Trinajstić information content (AvgIpc) is 3.74. The Morgan fingerprint density at radius 3 is 1.84 bits per heavy atom. The first-order chi connectivity index (χ1) is 24.3. The lowest BCUT2D eigenvalue weighted by Gasteiger charge is -2.27. The van der Waals surface area contributed by atoms with E-state index in [4.69, 9.17) is 4.42 Å². The maximum absolute atomic E-state index is 6.43. The van der Waals surface area contributed by atoms with Crippen molar-refractivity contribution in [2.24, 2.45) is 0 Å². The summed E-state index contributed by atoms with van der Waals surface area (Å²) < 4.78 is 9.04. The summed E-state index contributed by atoms with van der Waals surface area (Å²) in [5.41, 5.74) is 9.76. The summed E-state index contributed by atoms with van der Waals surface area (Å²) in [6.07, 6.45) is 0. The molecule has 0 radical (unpaired) electrons. The molecule has 0 saturated heterocycles. The number of nitrogens with zero attached hydrogens (tertiary/aromatic N) is 1. The number of anilines is 3. The van der Waals surface area contributed by atoms with Crippen LogP contribution in [0.15, 0.2) is 180 Å². The molecule has 0 fully saturated rings. The molecule has 0 spiro atoms. The van der Waals surface area contributed by atoms with Crippen molar-refractivity contribution in [2.75, 3.05) is 4.90 Å². The second kappa shape index (κ2) is 11.2. The van der Waals surface area contributed by atoms with Gasteiger partial charge in [0.15, 0.2) is 0 Å². The third-order valence-corrected chi connectivity index (χ3v) is 10.8. The molecular formula is C46H29NOS. The molecule has 0 bridgehead atoms. The van der Waals surface area contributed by atoms with Crippen LogP contribution in [-0.4, -0.2) is 0 Å². The number of thiophene rings is 1. The smallest absolute Gasteiger partial charge is 0.137 e. The van der Waals surface area contributed by atoms with Gasteiger partial charge in [-0.1, -0.05) is 115 Å². The third kappa shape index (κ3) is 4.62. The fourth-order valence-corrected chi connectivity index (χ4v) is 8.49. The molecule has 0 atom stereocenters. The van der Waals surface area contributed by atoms with Crippen LogP contribution in [0.25, 0.3) is 75.1 Å². The van der Waals surface area contributed by atoms with Crippen molar-refractivity contribution in [3.63, 3.8) is 0 Å². The molecule has 10 aromatic rings. The van der Waals surface area contributed by atoms with Gasteiger partial charge < -0.3 is 9.32 Å². The highest BCUT2D eigenvalue weighted by Crippen LogP contribution is 2.45. The Labute approximate surface area is 287 Å². The molecule has 0 aliphatic heterocycles. The predicted octanol–water partition coefficient (Wildman–Crippen LogP) is 13.9. The van der Waals surface area contributed by atoms with E-state index in [1.807, 2.05) is 23.5 Å². The van der Waals surface area contributed by atoms with Gasteiger partial charge in [-0.05, 0) is 87.6 Å². The van der Waals surface area contributed by atoms with Crippen LogP contribution < -0.4 is 4.90 Å². The van der Waals surface area contributed by atoms with Gasteiger partial charge in [0.25, 0.3) is 0 Å². The molecule has 0 saturated carbocycles. The van der Waals surface area contributed by atoms with Crippen molar-refractivity contribution in [1.29, 1.82) is 0 Å². The second-order valence-corrected chi connectivity index (χ2v) is 13.6. The fourth-order valence-electron chi connectivity index (χ4n) is 7.37. The van der Waals surface area contributed by atoms with Gasteiger partial charge in [0.2, 0.25) is 0 Å². The Morgan fingerprint density at radius 2 is 1.00 bits per heavy atom. The average molecular weight is 644 g/mol. The monoisotopic (exact) mass is 643 g/mol. The van der Waals surface area contributed by atoms with Crippen molar-refractivity contribution in [3.8, 4) is 22.3 Å². The van der Waals surface area contributed by atoms with Crippen LogP contribution in [0.3, 0.4) is 0 Å². The molecule has 0 amide bonds. The maximum atomic E-state index is 6.43. The Hall–Kier alpha value is -6.16. The summed E-state index contributed by atoms with van der Waals surface area (Å²) in [6, 6.07) is 63.3. The minimum atomic E-state index is 0.875. The molecule has 0 N–H and O–H groups in total. The molecule has 10 rings (SSSR count). The van der Waals surface area contributed by atoms with E-state index in [9.17, 15) is 0 Å². The summed E-state index contributed by atoms with van der Waals surface area (Å²) in [7, 11) is 0. The lowest BCUT2D eigenvalue weighted by molar-refractivity contribution is 0.669. The van der Waals surface area contributed by atoms with Crippen LogP contribution in [0.4, 0.5) is 17.1 Å². The number of furan rings is 1. The van der Waals surface area contributed by atoms with Gasteiger partial charge in [-0.15, -0.1) is 11.3 Å². The molecular weight excluding hydrogens is 615 g/mol. The van der Waals surface area contributed by atoms with Gasteiger partial charge in [0.1, 0.15) is 11.2 Å². The first kappa shape index (κ1) is 27.9. The van der Waals surface area contributed by atoms with E-state index in [2.05, 4.69) is 169 Å². The van der Waals surface area contributed by atoms with Gasteiger partial charge in [0, 0.05) is 54.1 Å². The second-order valence-electron chi connectivity index (χ2n) is 12.5. The van der Waals surface area contributed by atoms with E-state index in [0.29, 0.717) is 0 Å². The van der Waals surface area contributed by atoms with E-state index in [1.165, 1.54) is 53.2 Å². The zero-order valence-corrected chi connectivity index (χ0v) is 27.3. The zero-order valence-electron chi connectivity index (χ0n) is 26.5. The van der Waals surface area contributed by atoms with Gasteiger partial charge in [-0.25, -0.2) is 0 Å². The summed E-state index contributed by atoms with van der Waals surface area (Å²) in [5.74, 6) is 0. The molecule has 0 aliphatic carbocycles. The topological polar surface area (TPSA) is 16.4 Å². The third-order valence-electron chi connectivity index (χ3n) is 9.65. The summed E-state index contributed by atoms with van der Waals surface area (Å²) in [6.45, 7) is 0. The van der Waals surface area contributed by atoms with Crippen molar-refractivity contribution in [3.05, 3.63) is 176 Å². The standard InChI is InChI=1S/C46H29NOS/c1-3-11-30(12-4-1)36-24-22-34(27-40(36)31-13-5-2-6-14-31)47(35-23-25-38-37-15-7-9-17-42(37)48-43(38)29-35)33-21-19-32-20-26-45-46(41(32)28-33)39-16-8-10-18-44(39)49-45/h1-29H. The predicted molar refractivity (Wildman–Crippen MR) is 210 cm³/mol. The molecule has 0 aliphatic rings. The molecule has 8 aromatic carbocycles. The number of benzene rings is 8. The Balaban J connectivity index is 1.24. The van der Waals surface area contributed by atoms with Gasteiger partial charge in [-0.2, -0.15) is 0 Å². The zero-order chi connectivity index (χ0) is 32.3. The lowest BCUT2D eigenvalue weighted by atomic mass is 9.93. The number of hydrogen-bond acceptors (Lipinski definition) is 3. The molecule has 3 heteroatoms. The number of hydrogen-bond donors (Lipinski definition) is 0. The maximum Gasteiger partial charge on any atom is 0.137 e. The van der Waals surface area contributed by atoms with Crippen LogP contribution in [-0.2, 0) is 0 Å². The fraction of sp³-hybridized carbons (Fsp3) is 0. The highest BCUT2D eigenvalue weighted by molar-refractivity contribution is 7.26. The Kier molecular flexibility index (Phi) is 6.39. The number of rotatable bonds is 5. The molecule has 49 heavy (non-hydrogen) atoms. The van der Waals surface area contributed by atoms with E-state index in [0.717, 1.165) is 39.0 Å². The molecule has 2 nitrogen and oxygen atoms in total. The minimum Gasteiger partial charge on any atom is -0.456 e.